The van der Waals surface area contributed by atoms with Gasteiger partial charge < -0.3 is 5.32 Å². The fourth-order valence-electron chi connectivity index (χ4n) is 1.59. The van der Waals surface area contributed by atoms with Crippen molar-refractivity contribution in [2.75, 3.05) is 18.9 Å². The molecule has 1 aromatic carbocycles. The van der Waals surface area contributed by atoms with Crippen molar-refractivity contribution >= 4 is 21.4 Å². The van der Waals surface area contributed by atoms with Crippen LogP contribution in [0.2, 0.25) is 0 Å². The lowest BCUT2D eigenvalue weighted by Crippen LogP contribution is -2.25. The summed E-state index contributed by atoms with van der Waals surface area (Å²) in [6.07, 6.45) is 1.51. The normalized spacial score (nSPS) is 11.3. The molecular weight excluding hydrogens is 270 g/mol. The number of nitrogens with one attached hydrogen (secondary N) is 2. The molecule has 0 heterocycles. The van der Waals surface area contributed by atoms with Crippen LogP contribution in [0.25, 0.3) is 0 Å². The standard InChI is InChI=1S/C11H17N3O4S/c1-3-4-8-13-19(17,18)10-7-5-6-9(12-2)11(10)14(15)16/h5-7,12-13H,3-4,8H2,1-2H3. The molecule has 0 aliphatic heterocycles. The number of rotatable bonds is 7. The first-order valence-corrected chi connectivity index (χ1v) is 7.37. The first-order chi connectivity index (χ1) is 8.94. The first kappa shape index (κ1) is 15.4. The van der Waals surface area contributed by atoms with Crippen molar-refractivity contribution in [2.24, 2.45) is 0 Å². The lowest BCUT2D eigenvalue weighted by molar-refractivity contribution is -0.386. The zero-order valence-corrected chi connectivity index (χ0v) is 11.7. The molecule has 1 aromatic rings. The van der Waals surface area contributed by atoms with E-state index >= 15 is 0 Å². The van der Waals surface area contributed by atoms with Gasteiger partial charge in [-0.15, -0.1) is 0 Å². The predicted molar refractivity (Wildman–Crippen MR) is 72.7 cm³/mol. The third-order valence-corrected chi connectivity index (χ3v) is 4.06. The maximum Gasteiger partial charge on any atom is 0.312 e. The van der Waals surface area contributed by atoms with Gasteiger partial charge in [0.15, 0.2) is 4.90 Å². The summed E-state index contributed by atoms with van der Waals surface area (Å²) in [7, 11) is -2.37. The molecule has 0 saturated carbocycles. The number of para-hydroxylation sites is 1. The first-order valence-electron chi connectivity index (χ1n) is 5.89. The Labute approximate surface area is 112 Å². The van der Waals surface area contributed by atoms with Gasteiger partial charge in [-0.1, -0.05) is 19.4 Å². The summed E-state index contributed by atoms with van der Waals surface area (Å²) in [5, 5.41) is 13.7. The molecule has 0 spiro atoms. The summed E-state index contributed by atoms with van der Waals surface area (Å²) >= 11 is 0. The lowest BCUT2D eigenvalue weighted by atomic mass is 10.3. The van der Waals surface area contributed by atoms with Crippen LogP contribution in [0.1, 0.15) is 19.8 Å². The monoisotopic (exact) mass is 287 g/mol. The van der Waals surface area contributed by atoms with Gasteiger partial charge in [0.2, 0.25) is 10.0 Å². The van der Waals surface area contributed by atoms with E-state index < -0.39 is 20.6 Å². The molecule has 106 valence electrons. The van der Waals surface area contributed by atoms with Gasteiger partial charge in [0.1, 0.15) is 5.69 Å². The molecule has 0 aromatic heterocycles. The molecule has 1 rings (SSSR count). The van der Waals surface area contributed by atoms with Crippen molar-refractivity contribution in [1.29, 1.82) is 0 Å². The molecule has 8 heteroatoms. The Kier molecular flexibility index (Phi) is 5.25. The van der Waals surface area contributed by atoms with Crippen LogP contribution < -0.4 is 10.0 Å². The summed E-state index contributed by atoms with van der Waals surface area (Å²) in [5.74, 6) is 0. The van der Waals surface area contributed by atoms with Crippen LogP contribution in [-0.2, 0) is 10.0 Å². The molecule has 2 N–H and O–H groups in total. The molecule has 0 atom stereocenters. The maximum absolute atomic E-state index is 12.1. The quantitative estimate of drug-likeness (QED) is 0.451. The second kappa shape index (κ2) is 6.48. The van der Waals surface area contributed by atoms with E-state index in [1.807, 2.05) is 6.92 Å². The number of hydrogen-bond donors (Lipinski definition) is 2. The van der Waals surface area contributed by atoms with Crippen LogP contribution in [-0.4, -0.2) is 26.9 Å². The van der Waals surface area contributed by atoms with Gasteiger partial charge in [-0.3, -0.25) is 10.1 Å². The van der Waals surface area contributed by atoms with Crippen LogP contribution in [0.15, 0.2) is 23.1 Å². The van der Waals surface area contributed by atoms with E-state index in [0.717, 1.165) is 6.42 Å². The van der Waals surface area contributed by atoms with Crippen molar-refractivity contribution in [3.8, 4) is 0 Å². The minimum absolute atomic E-state index is 0.170. The van der Waals surface area contributed by atoms with Gasteiger partial charge in [-0.25, -0.2) is 13.1 Å². The van der Waals surface area contributed by atoms with Crippen LogP contribution in [0.3, 0.4) is 0 Å². The summed E-state index contributed by atoms with van der Waals surface area (Å²) in [6.45, 7) is 2.19. The Morgan fingerprint density at radius 2 is 2.05 bits per heavy atom. The SMILES string of the molecule is CCCCNS(=O)(=O)c1cccc(NC)c1[N+](=O)[O-]. The summed E-state index contributed by atoms with van der Waals surface area (Å²) < 4.78 is 26.5. The number of unbranched alkanes of at least 4 members (excludes halogenated alkanes) is 1. The zero-order chi connectivity index (χ0) is 14.5. The minimum atomic E-state index is -3.87. The highest BCUT2D eigenvalue weighted by atomic mass is 32.2. The molecular formula is C11H17N3O4S. The van der Waals surface area contributed by atoms with Crippen molar-refractivity contribution in [2.45, 2.75) is 24.7 Å². The van der Waals surface area contributed by atoms with E-state index in [-0.39, 0.29) is 17.1 Å². The fourth-order valence-corrected chi connectivity index (χ4v) is 2.86. The summed E-state index contributed by atoms with van der Waals surface area (Å²) in [6, 6.07) is 4.16. The molecule has 7 nitrogen and oxygen atoms in total. The van der Waals surface area contributed by atoms with Crippen LogP contribution in [0.4, 0.5) is 11.4 Å². The predicted octanol–water partition coefficient (Wildman–Crippen LogP) is 1.71. The second-order valence-electron chi connectivity index (χ2n) is 3.91. The van der Waals surface area contributed by atoms with E-state index in [9.17, 15) is 18.5 Å². The van der Waals surface area contributed by atoms with Crippen LogP contribution in [0, 0.1) is 10.1 Å². The van der Waals surface area contributed by atoms with Crippen LogP contribution >= 0.6 is 0 Å². The molecule has 0 amide bonds. The highest BCUT2D eigenvalue weighted by molar-refractivity contribution is 7.89. The summed E-state index contributed by atoms with van der Waals surface area (Å²) in [4.78, 5) is 10.0. The van der Waals surface area contributed by atoms with E-state index in [1.165, 1.54) is 25.2 Å². The Bertz CT molecular complexity index is 557. The molecule has 0 aliphatic carbocycles. The fraction of sp³-hybridized carbons (Fsp3) is 0.455. The largest absolute Gasteiger partial charge is 0.383 e. The topological polar surface area (TPSA) is 101 Å². The van der Waals surface area contributed by atoms with Gasteiger partial charge in [0.25, 0.3) is 0 Å². The average Bonchev–Trinajstić information content (AvgIpc) is 2.37. The van der Waals surface area contributed by atoms with Gasteiger partial charge in [0, 0.05) is 13.6 Å². The third kappa shape index (κ3) is 3.65. The minimum Gasteiger partial charge on any atom is -0.383 e. The van der Waals surface area contributed by atoms with E-state index in [1.54, 1.807) is 0 Å². The maximum atomic E-state index is 12.1. The summed E-state index contributed by atoms with van der Waals surface area (Å²) in [5.41, 5.74) is -0.266. The van der Waals surface area contributed by atoms with Crippen LogP contribution in [0.5, 0.6) is 0 Å². The zero-order valence-electron chi connectivity index (χ0n) is 10.8. The lowest BCUT2D eigenvalue weighted by Gasteiger charge is -2.09. The molecule has 0 aliphatic rings. The smallest absolute Gasteiger partial charge is 0.312 e. The number of nitro benzene ring substituents is 1. The van der Waals surface area contributed by atoms with Crippen molar-refractivity contribution in [3.63, 3.8) is 0 Å². The Morgan fingerprint density at radius 3 is 2.58 bits per heavy atom. The Hall–Kier alpha value is -1.67. The molecule has 0 bridgehead atoms. The highest BCUT2D eigenvalue weighted by Gasteiger charge is 2.28. The van der Waals surface area contributed by atoms with E-state index in [0.29, 0.717) is 6.42 Å². The van der Waals surface area contributed by atoms with Crippen molar-refractivity contribution in [3.05, 3.63) is 28.3 Å². The van der Waals surface area contributed by atoms with Crippen molar-refractivity contribution < 1.29 is 13.3 Å². The van der Waals surface area contributed by atoms with Gasteiger partial charge in [0.05, 0.1) is 4.92 Å². The molecule has 0 radical (unpaired) electrons. The number of sulfonamides is 1. The van der Waals surface area contributed by atoms with E-state index in [4.69, 9.17) is 0 Å². The Balaban J connectivity index is 3.22. The average molecular weight is 287 g/mol. The number of nitro groups is 1. The van der Waals surface area contributed by atoms with E-state index in [2.05, 4.69) is 10.0 Å². The number of hydrogen-bond acceptors (Lipinski definition) is 5. The van der Waals surface area contributed by atoms with Gasteiger partial charge >= 0.3 is 5.69 Å². The number of benzene rings is 1. The molecule has 0 saturated heterocycles. The molecule has 0 unspecified atom stereocenters. The highest BCUT2D eigenvalue weighted by Crippen LogP contribution is 2.31. The van der Waals surface area contributed by atoms with Gasteiger partial charge in [-0.2, -0.15) is 0 Å². The van der Waals surface area contributed by atoms with Gasteiger partial charge in [-0.05, 0) is 18.6 Å². The van der Waals surface area contributed by atoms with Crippen molar-refractivity contribution in [1.82, 2.24) is 4.72 Å². The second-order valence-corrected chi connectivity index (χ2v) is 5.65. The Morgan fingerprint density at radius 1 is 1.37 bits per heavy atom. The molecule has 19 heavy (non-hydrogen) atoms. The number of anilines is 1. The molecule has 0 fully saturated rings. The third-order valence-electron chi connectivity index (χ3n) is 2.56. The number of nitrogens with zero attached hydrogens (tertiary/aromatic N) is 1.